The number of hydrogen-bond acceptors (Lipinski definition) is 4. The number of piperidine rings is 1. The van der Waals surface area contributed by atoms with Crippen LogP contribution in [0.3, 0.4) is 0 Å². The Labute approximate surface area is 174 Å². The fourth-order valence-electron chi connectivity index (χ4n) is 3.80. The maximum absolute atomic E-state index is 13.1. The number of rotatable bonds is 7. The van der Waals surface area contributed by atoms with Gasteiger partial charge in [0.1, 0.15) is 12.4 Å². The molecule has 0 aromatic heterocycles. The number of thioether (sulfide) groups is 1. The third kappa shape index (κ3) is 5.11. The summed E-state index contributed by atoms with van der Waals surface area (Å²) in [7, 11) is 0. The third-order valence-corrected chi connectivity index (χ3v) is 6.83. The van der Waals surface area contributed by atoms with Crippen molar-refractivity contribution in [3.63, 3.8) is 0 Å². The van der Waals surface area contributed by atoms with Crippen molar-refractivity contribution in [3.8, 4) is 0 Å². The van der Waals surface area contributed by atoms with E-state index in [0.29, 0.717) is 29.6 Å². The third-order valence-electron chi connectivity index (χ3n) is 5.35. The average Bonchev–Trinajstić information content (AvgIpc) is 3.06. The van der Waals surface area contributed by atoms with Crippen LogP contribution in [0.2, 0.25) is 5.02 Å². The molecule has 2 heterocycles. The molecule has 2 fully saturated rings. The lowest BCUT2D eigenvalue weighted by molar-refractivity contribution is -0.129. The Hall–Kier alpha value is -1.47. The monoisotopic (exact) mass is 428 g/mol. The summed E-state index contributed by atoms with van der Waals surface area (Å²) in [6.07, 6.45) is 4.47. The first-order valence-electron chi connectivity index (χ1n) is 9.80. The predicted octanol–water partition coefficient (Wildman–Crippen LogP) is 4.57. The average molecular weight is 429 g/mol. The highest BCUT2D eigenvalue weighted by Gasteiger charge is 2.39. The molecule has 154 valence electrons. The number of carbonyl (C=O) groups is 2. The zero-order chi connectivity index (χ0) is 20.1. The van der Waals surface area contributed by atoms with Crippen LogP contribution >= 0.6 is 23.4 Å². The number of cyclic esters (lactones) is 1. The van der Waals surface area contributed by atoms with Gasteiger partial charge in [0.15, 0.2) is 0 Å². The quantitative estimate of drug-likeness (QED) is 0.597. The highest BCUT2D eigenvalue weighted by molar-refractivity contribution is 8.00. The molecule has 1 aromatic rings. The van der Waals surface area contributed by atoms with Gasteiger partial charge in [0.25, 0.3) is 0 Å². The summed E-state index contributed by atoms with van der Waals surface area (Å²) < 4.78 is 18.4. The van der Waals surface area contributed by atoms with Crippen molar-refractivity contribution in [2.45, 2.75) is 56.0 Å². The molecule has 2 amide bonds. The molecule has 0 spiro atoms. The fraction of sp³-hybridized carbons (Fsp3) is 0.600. The van der Waals surface area contributed by atoms with Crippen molar-refractivity contribution in [3.05, 3.63) is 29.0 Å². The molecule has 2 saturated heterocycles. The summed E-state index contributed by atoms with van der Waals surface area (Å²) in [5.41, 5.74) is 0. The second kappa shape index (κ2) is 9.83. The van der Waals surface area contributed by atoms with E-state index >= 15 is 0 Å². The van der Waals surface area contributed by atoms with Crippen molar-refractivity contribution >= 4 is 35.4 Å². The van der Waals surface area contributed by atoms with Crippen LogP contribution in [0.25, 0.3) is 0 Å². The zero-order valence-corrected chi connectivity index (χ0v) is 17.6. The number of hydrogen-bond donors (Lipinski definition) is 0. The van der Waals surface area contributed by atoms with Crippen LogP contribution in [0.15, 0.2) is 23.1 Å². The summed E-state index contributed by atoms with van der Waals surface area (Å²) in [6, 6.07) is 4.49. The summed E-state index contributed by atoms with van der Waals surface area (Å²) in [6.45, 7) is 3.88. The summed E-state index contributed by atoms with van der Waals surface area (Å²) in [5.74, 6) is -0.0863. The van der Waals surface area contributed by atoms with Crippen LogP contribution < -0.4 is 0 Å². The largest absolute Gasteiger partial charge is 0.447 e. The molecule has 3 rings (SSSR count). The second-order valence-electron chi connectivity index (χ2n) is 7.26. The number of unbranched alkanes of at least 4 members (excludes halogenated alkanes) is 1. The van der Waals surface area contributed by atoms with E-state index in [-0.39, 0.29) is 35.7 Å². The minimum absolute atomic E-state index is 0.0374. The van der Waals surface area contributed by atoms with Crippen molar-refractivity contribution in [1.82, 2.24) is 9.80 Å². The predicted molar refractivity (Wildman–Crippen MR) is 108 cm³/mol. The van der Waals surface area contributed by atoms with Gasteiger partial charge in [-0.05, 0) is 37.5 Å². The number of ether oxygens (including phenoxy) is 1. The first kappa shape index (κ1) is 21.2. The summed E-state index contributed by atoms with van der Waals surface area (Å²) in [5, 5.41) is 0.321. The van der Waals surface area contributed by atoms with Gasteiger partial charge in [-0.2, -0.15) is 0 Å². The number of nitrogens with zero attached hydrogens (tertiary/aromatic N) is 2. The molecule has 1 unspecified atom stereocenters. The number of amides is 2. The van der Waals surface area contributed by atoms with Gasteiger partial charge in [0, 0.05) is 24.0 Å². The molecule has 1 atom stereocenters. The topological polar surface area (TPSA) is 49.9 Å². The molecule has 0 bridgehead atoms. The first-order chi connectivity index (χ1) is 13.5. The van der Waals surface area contributed by atoms with E-state index in [1.54, 1.807) is 6.07 Å². The molecule has 5 nitrogen and oxygen atoms in total. The maximum atomic E-state index is 13.1. The highest BCUT2D eigenvalue weighted by atomic mass is 35.5. The Balaban J connectivity index is 1.49. The lowest BCUT2D eigenvalue weighted by Crippen LogP contribution is -2.50. The van der Waals surface area contributed by atoms with Gasteiger partial charge in [0.05, 0.1) is 16.8 Å². The van der Waals surface area contributed by atoms with Crippen LogP contribution in [-0.2, 0) is 9.53 Å². The molecule has 0 N–H and O–H groups in total. The SMILES string of the molecule is CCCCC1COC(=O)N1C1CCN(C(=O)CSc2ccc(F)cc2Cl)CC1. The van der Waals surface area contributed by atoms with Gasteiger partial charge in [-0.25, -0.2) is 9.18 Å². The molecular weight excluding hydrogens is 403 g/mol. The lowest BCUT2D eigenvalue weighted by atomic mass is 10.0. The van der Waals surface area contributed by atoms with Gasteiger partial charge in [0.2, 0.25) is 5.91 Å². The van der Waals surface area contributed by atoms with Crippen molar-refractivity contribution < 1.29 is 18.7 Å². The standard InChI is InChI=1S/C20H26ClFN2O3S/c1-2-3-4-16-12-27-20(26)24(16)15-7-9-23(10-8-15)19(25)13-28-18-6-5-14(22)11-17(18)21/h5-6,11,15-16H,2-4,7-10,12-13H2,1H3. The van der Waals surface area contributed by atoms with E-state index < -0.39 is 0 Å². The van der Waals surface area contributed by atoms with Crippen LogP contribution in [0.1, 0.15) is 39.0 Å². The molecule has 2 aliphatic heterocycles. The molecule has 1 aromatic carbocycles. The van der Waals surface area contributed by atoms with E-state index in [0.717, 1.165) is 32.1 Å². The molecular formula is C20H26ClFN2O3S. The van der Waals surface area contributed by atoms with Gasteiger partial charge in [-0.15, -0.1) is 11.8 Å². The Morgan fingerprint density at radius 3 is 2.79 bits per heavy atom. The lowest BCUT2D eigenvalue weighted by Gasteiger charge is -2.38. The smallest absolute Gasteiger partial charge is 0.410 e. The van der Waals surface area contributed by atoms with Gasteiger partial charge in [-0.3, -0.25) is 9.69 Å². The Kier molecular flexibility index (Phi) is 7.46. The van der Waals surface area contributed by atoms with Gasteiger partial charge < -0.3 is 9.64 Å². The van der Waals surface area contributed by atoms with Crippen molar-refractivity contribution in [1.29, 1.82) is 0 Å². The van der Waals surface area contributed by atoms with E-state index in [9.17, 15) is 14.0 Å². The normalized spacial score (nSPS) is 20.5. The second-order valence-corrected chi connectivity index (χ2v) is 8.68. The Morgan fingerprint density at radius 2 is 2.11 bits per heavy atom. The minimum Gasteiger partial charge on any atom is -0.447 e. The van der Waals surface area contributed by atoms with Crippen LogP contribution in [0.5, 0.6) is 0 Å². The van der Waals surface area contributed by atoms with Crippen LogP contribution in [0, 0.1) is 5.82 Å². The van der Waals surface area contributed by atoms with E-state index in [1.165, 1.54) is 23.9 Å². The maximum Gasteiger partial charge on any atom is 0.410 e. The summed E-state index contributed by atoms with van der Waals surface area (Å²) >= 11 is 7.34. The number of likely N-dealkylation sites (tertiary alicyclic amines) is 1. The number of halogens is 2. The summed E-state index contributed by atoms with van der Waals surface area (Å²) in [4.78, 5) is 29.1. The van der Waals surface area contributed by atoms with E-state index in [4.69, 9.17) is 16.3 Å². The molecule has 2 aliphatic rings. The Bertz CT molecular complexity index is 713. The van der Waals surface area contributed by atoms with Crippen molar-refractivity contribution in [2.75, 3.05) is 25.4 Å². The minimum atomic E-state index is -0.388. The molecule has 0 radical (unpaired) electrons. The van der Waals surface area contributed by atoms with Crippen molar-refractivity contribution in [2.24, 2.45) is 0 Å². The molecule has 0 saturated carbocycles. The molecule has 28 heavy (non-hydrogen) atoms. The molecule has 0 aliphatic carbocycles. The van der Waals surface area contributed by atoms with E-state index in [2.05, 4.69) is 6.92 Å². The number of benzene rings is 1. The number of carbonyl (C=O) groups excluding carboxylic acids is 2. The van der Waals surface area contributed by atoms with E-state index in [1.807, 2.05) is 9.80 Å². The Morgan fingerprint density at radius 1 is 1.36 bits per heavy atom. The van der Waals surface area contributed by atoms with Crippen LogP contribution in [-0.4, -0.2) is 59.3 Å². The highest BCUT2D eigenvalue weighted by Crippen LogP contribution is 2.29. The van der Waals surface area contributed by atoms with Crippen LogP contribution in [0.4, 0.5) is 9.18 Å². The zero-order valence-electron chi connectivity index (χ0n) is 16.0. The van der Waals surface area contributed by atoms with Gasteiger partial charge >= 0.3 is 6.09 Å². The first-order valence-corrected chi connectivity index (χ1v) is 11.2. The fourth-order valence-corrected chi connectivity index (χ4v) is 4.95. The van der Waals surface area contributed by atoms with Gasteiger partial charge in [-0.1, -0.05) is 31.4 Å². The molecule has 8 heteroatoms.